The molecule has 170 valence electrons. The Bertz CT molecular complexity index is 854. The number of aryl methyl sites for hydroxylation is 1. The number of nitrogens with one attached hydrogen (secondary N) is 2. The van der Waals surface area contributed by atoms with E-state index in [9.17, 15) is 9.59 Å². The van der Waals surface area contributed by atoms with Crippen molar-refractivity contribution in [1.82, 2.24) is 5.32 Å². The molecule has 3 aliphatic rings. The van der Waals surface area contributed by atoms with Crippen molar-refractivity contribution < 1.29 is 33.3 Å². The van der Waals surface area contributed by atoms with Crippen molar-refractivity contribution in [2.45, 2.75) is 89.9 Å². The number of carbonyl (C=O) groups excluding carboxylic acids is 2. The molecular weight excluding hydrogens is 404 g/mol. The first-order chi connectivity index (χ1) is 14.4. The summed E-state index contributed by atoms with van der Waals surface area (Å²) in [6.45, 7) is 10.7. The first kappa shape index (κ1) is 22.2. The van der Waals surface area contributed by atoms with Crippen LogP contribution in [0.5, 0.6) is 0 Å². The van der Waals surface area contributed by atoms with E-state index in [0.717, 1.165) is 5.56 Å². The Labute approximate surface area is 181 Å². The number of ether oxygens (including phenoxy) is 5. The van der Waals surface area contributed by atoms with E-state index in [1.807, 2.05) is 31.2 Å². The van der Waals surface area contributed by atoms with Crippen LogP contribution in [0.15, 0.2) is 24.3 Å². The van der Waals surface area contributed by atoms with Crippen LogP contribution < -0.4 is 10.6 Å². The summed E-state index contributed by atoms with van der Waals surface area (Å²) >= 11 is 0. The molecule has 0 spiro atoms. The first-order valence-electron chi connectivity index (χ1n) is 10.5. The zero-order valence-corrected chi connectivity index (χ0v) is 18.6. The number of hydrogen-bond acceptors (Lipinski definition) is 7. The second kappa shape index (κ2) is 7.83. The van der Waals surface area contributed by atoms with Crippen LogP contribution in [-0.2, 0) is 33.3 Å². The highest BCUT2D eigenvalue weighted by Crippen LogP contribution is 2.44. The fourth-order valence-electron chi connectivity index (χ4n) is 4.07. The fourth-order valence-corrected chi connectivity index (χ4v) is 4.07. The summed E-state index contributed by atoms with van der Waals surface area (Å²) in [5, 5.41) is 5.50. The highest BCUT2D eigenvalue weighted by Gasteiger charge is 2.62. The van der Waals surface area contributed by atoms with Gasteiger partial charge in [-0.2, -0.15) is 0 Å². The third kappa shape index (κ3) is 4.61. The van der Waals surface area contributed by atoms with Gasteiger partial charge in [0.2, 0.25) is 5.91 Å². The summed E-state index contributed by atoms with van der Waals surface area (Å²) < 4.78 is 29.7. The molecule has 0 radical (unpaired) electrons. The van der Waals surface area contributed by atoms with Crippen LogP contribution in [0, 0.1) is 6.92 Å². The molecule has 3 fully saturated rings. The minimum absolute atomic E-state index is 0.340. The van der Waals surface area contributed by atoms with Crippen LogP contribution >= 0.6 is 0 Å². The second-order valence-corrected chi connectivity index (χ2v) is 9.18. The molecule has 1 aromatic rings. The molecule has 2 N–H and O–H groups in total. The van der Waals surface area contributed by atoms with Gasteiger partial charge in [0.15, 0.2) is 24.0 Å². The van der Waals surface area contributed by atoms with Crippen molar-refractivity contribution in [2.75, 3.05) is 5.32 Å². The Kier molecular flexibility index (Phi) is 5.60. The predicted molar refractivity (Wildman–Crippen MR) is 110 cm³/mol. The first-order valence-corrected chi connectivity index (χ1v) is 10.5. The smallest absolute Gasteiger partial charge is 0.252 e. The SMILES string of the molecule is Cc1ccc(NC(=O)[C@H](C)NC(=O)[C@H]2O[C@H]3OC(C)(C)O[C@@H]3[C@H]3OC(C)(C)O[C@@H]32)cc1. The normalized spacial score (nSPS) is 33.8. The topological polar surface area (TPSA) is 104 Å². The van der Waals surface area contributed by atoms with Gasteiger partial charge in [-0.05, 0) is 53.7 Å². The van der Waals surface area contributed by atoms with Crippen molar-refractivity contribution in [3.63, 3.8) is 0 Å². The van der Waals surface area contributed by atoms with Crippen LogP contribution in [0.2, 0.25) is 0 Å². The van der Waals surface area contributed by atoms with Crippen molar-refractivity contribution in [3.05, 3.63) is 29.8 Å². The highest BCUT2D eigenvalue weighted by atomic mass is 16.9. The van der Waals surface area contributed by atoms with E-state index < -0.39 is 54.2 Å². The van der Waals surface area contributed by atoms with E-state index in [1.165, 1.54) is 0 Å². The average Bonchev–Trinajstić information content (AvgIpc) is 3.16. The number of amides is 2. The van der Waals surface area contributed by atoms with Crippen molar-refractivity contribution in [1.29, 1.82) is 0 Å². The van der Waals surface area contributed by atoms with Crippen LogP contribution in [0.3, 0.4) is 0 Å². The molecule has 9 nitrogen and oxygen atoms in total. The van der Waals surface area contributed by atoms with E-state index in [0.29, 0.717) is 5.69 Å². The number of rotatable bonds is 4. The molecule has 0 bridgehead atoms. The lowest BCUT2D eigenvalue weighted by Gasteiger charge is -2.36. The molecule has 4 rings (SSSR count). The Morgan fingerprint density at radius 3 is 2.16 bits per heavy atom. The minimum Gasteiger partial charge on any atom is -0.342 e. The maximum Gasteiger partial charge on any atom is 0.252 e. The van der Waals surface area contributed by atoms with E-state index in [4.69, 9.17) is 23.7 Å². The maximum absolute atomic E-state index is 13.1. The van der Waals surface area contributed by atoms with Crippen LogP contribution in [-0.4, -0.2) is 60.1 Å². The summed E-state index contributed by atoms with van der Waals surface area (Å²) in [7, 11) is 0. The second-order valence-electron chi connectivity index (χ2n) is 9.18. The Hall–Kier alpha value is -2.04. The van der Waals surface area contributed by atoms with Crippen LogP contribution in [0.25, 0.3) is 0 Å². The van der Waals surface area contributed by atoms with Gasteiger partial charge >= 0.3 is 0 Å². The predicted octanol–water partition coefficient (Wildman–Crippen LogP) is 1.83. The van der Waals surface area contributed by atoms with Crippen molar-refractivity contribution in [3.8, 4) is 0 Å². The zero-order valence-electron chi connectivity index (χ0n) is 18.6. The van der Waals surface area contributed by atoms with Crippen LogP contribution in [0.1, 0.15) is 40.2 Å². The molecule has 31 heavy (non-hydrogen) atoms. The fraction of sp³-hybridized carbons (Fsp3) is 0.636. The van der Waals surface area contributed by atoms with Gasteiger partial charge in [-0.3, -0.25) is 9.59 Å². The number of benzene rings is 1. The lowest BCUT2D eigenvalue weighted by molar-refractivity contribution is -0.231. The third-order valence-corrected chi connectivity index (χ3v) is 5.48. The Morgan fingerprint density at radius 2 is 1.48 bits per heavy atom. The minimum atomic E-state index is -1.01. The lowest BCUT2D eigenvalue weighted by Crippen LogP contribution is -2.60. The molecule has 6 atom stereocenters. The molecule has 0 unspecified atom stereocenters. The summed E-state index contributed by atoms with van der Waals surface area (Å²) in [5.74, 6) is -2.60. The van der Waals surface area contributed by atoms with Crippen molar-refractivity contribution >= 4 is 17.5 Å². The molecule has 9 heteroatoms. The van der Waals surface area contributed by atoms with Gasteiger partial charge in [0, 0.05) is 5.69 Å². The molecule has 1 aromatic carbocycles. The summed E-state index contributed by atoms with van der Waals surface area (Å²) in [6, 6.07) is 6.62. The van der Waals surface area contributed by atoms with Gasteiger partial charge in [-0.1, -0.05) is 17.7 Å². The molecule has 3 heterocycles. The summed E-state index contributed by atoms with van der Waals surface area (Å²) in [4.78, 5) is 25.6. The Balaban J connectivity index is 1.44. The van der Waals surface area contributed by atoms with E-state index in [1.54, 1.807) is 34.6 Å². The number of fused-ring (bicyclic) bond motifs is 3. The average molecular weight is 434 g/mol. The van der Waals surface area contributed by atoms with Gasteiger partial charge < -0.3 is 34.3 Å². The monoisotopic (exact) mass is 434 g/mol. The van der Waals surface area contributed by atoms with Gasteiger partial charge in [-0.15, -0.1) is 0 Å². The van der Waals surface area contributed by atoms with Gasteiger partial charge in [0.25, 0.3) is 5.91 Å². The lowest BCUT2D eigenvalue weighted by atomic mass is 9.98. The molecule has 0 aromatic heterocycles. The molecule has 0 aliphatic carbocycles. The van der Waals surface area contributed by atoms with Gasteiger partial charge in [-0.25, -0.2) is 0 Å². The highest BCUT2D eigenvalue weighted by molar-refractivity contribution is 5.97. The molecule has 3 saturated heterocycles. The summed E-state index contributed by atoms with van der Waals surface area (Å²) in [6.07, 6.45) is -3.54. The number of anilines is 1. The number of hydrogen-bond donors (Lipinski definition) is 2. The molecular formula is C22H30N2O7. The zero-order chi connectivity index (χ0) is 22.6. The molecule has 3 aliphatic heterocycles. The summed E-state index contributed by atoms with van der Waals surface area (Å²) in [5.41, 5.74) is 1.74. The third-order valence-electron chi connectivity index (χ3n) is 5.48. The van der Waals surface area contributed by atoms with Gasteiger partial charge in [0.1, 0.15) is 24.4 Å². The van der Waals surface area contributed by atoms with Crippen molar-refractivity contribution in [2.24, 2.45) is 0 Å². The number of carbonyl (C=O) groups is 2. The van der Waals surface area contributed by atoms with E-state index in [-0.39, 0.29) is 5.91 Å². The van der Waals surface area contributed by atoms with Gasteiger partial charge in [0.05, 0.1) is 0 Å². The van der Waals surface area contributed by atoms with E-state index in [2.05, 4.69) is 10.6 Å². The molecule has 0 saturated carbocycles. The Morgan fingerprint density at radius 1 is 0.903 bits per heavy atom. The molecule has 2 amide bonds. The maximum atomic E-state index is 13.1. The van der Waals surface area contributed by atoms with Crippen LogP contribution in [0.4, 0.5) is 5.69 Å². The largest absolute Gasteiger partial charge is 0.342 e. The quantitative estimate of drug-likeness (QED) is 0.745. The standard InChI is InChI=1S/C22H30N2O7/c1-11-7-9-13(10-8-11)24-18(25)12(2)23-19(26)16-14-15(29-21(3,4)28-14)17-20(27-16)31-22(5,6)30-17/h7-10,12,14-17,20H,1-6H3,(H,23,26)(H,24,25)/t12-,14-,15-,16-,17+,20-/m0/s1. The van der Waals surface area contributed by atoms with E-state index >= 15 is 0 Å².